The fraction of sp³-hybridized carbons (Fsp3) is 0.500. The molecular weight excluding hydrogens is 528 g/mol. The molecule has 0 N–H and O–H groups in total. The second-order valence-electron chi connectivity index (χ2n) is 12.8. The maximum absolute atomic E-state index is 13.1. The lowest BCUT2D eigenvalue weighted by Crippen LogP contribution is -2.41. The molecule has 0 spiro atoms. The zero-order valence-corrected chi connectivity index (χ0v) is 25.8. The molecule has 6 heteroatoms. The molecule has 4 rings (SSSR count). The van der Waals surface area contributed by atoms with Crippen molar-refractivity contribution in [3.63, 3.8) is 0 Å². The molecule has 42 heavy (non-hydrogen) atoms. The molecule has 0 amide bonds. The highest BCUT2D eigenvalue weighted by Crippen LogP contribution is 2.34. The standard InChI is InChI=1S/C36H46O6/c1-25(2)17-29(18-26(3)4)15-16-31-21-36(42-35(31)38,23-39-22-28-11-7-6-8-12-28)24-40-34(37)27(5)19-32-20-30-13-9-10-14-33(30)41-32/h6-14,16,20,25-27,29H,15,17-19,21-24H2,1-5H3/b31-16+/t27-,36+/m0/s1. The number of furan rings is 1. The van der Waals surface area contributed by atoms with Crippen LogP contribution < -0.4 is 0 Å². The summed E-state index contributed by atoms with van der Waals surface area (Å²) >= 11 is 0. The quantitative estimate of drug-likeness (QED) is 0.135. The van der Waals surface area contributed by atoms with Crippen LogP contribution in [0.3, 0.4) is 0 Å². The summed E-state index contributed by atoms with van der Waals surface area (Å²) in [5.41, 5.74) is 1.40. The normalized spacial score (nSPS) is 18.9. The van der Waals surface area contributed by atoms with Gasteiger partial charge in [0.2, 0.25) is 0 Å². The van der Waals surface area contributed by atoms with Crippen molar-refractivity contribution in [1.29, 1.82) is 0 Å². The zero-order chi connectivity index (χ0) is 30.1. The Morgan fingerprint density at radius 3 is 2.33 bits per heavy atom. The molecule has 1 aromatic heterocycles. The third-order valence-corrected chi connectivity index (χ3v) is 7.73. The molecule has 2 heterocycles. The van der Waals surface area contributed by atoms with Crippen LogP contribution in [0.15, 0.2) is 76.7 Å². The molecule has 2 aromatic carbocycles. The lowest BCUT2D eigenvalue weighted by atomic mass is 9.86. The molecule has 1 saturated heterocycles. The smallest absolute Gasteiger partial charge is 0.334 e. The number of hydrogen-bond donors (Lipinski definition) is 0. The van der Waals surface area contributed by atoms with Crippen molar-refractivity contribution >= 4 is 22.9 Å². The maximum atomic E-state index is 13.1. The van der Waals surface area contributed by atoms with E-state index in [1.165, 1.54) is 0 Å². The molecule has 0 radical (unpaired) electrons. The topological polar surface area (TPSA) is 75.0 Å². The molecule has 1 fully saturated rings. The molecular formula is C36H46O6. The van der Waals surface area contributed by atoms with Crippen LogP contribution in [-0.2, 0) is 36.8 Å². The van der Waals surface area contributed by atoms with E-state index in [0.717, 1.165) is 41.6 Å². The number of benzene rings is 2. The number of hydrogen-bond acceptors (Lipinski definition) is 6. The summed E-state index contributed by atoms with van der Waals surface area (Å²) in [6.07, 6.45) is 5.87. The van der Waals surface area contributed by atoms with Crippen molar-refractivity contribution in [2.24, 2.45) is 23.7 Å². The van der Waals surface area contributed by atoms with E-state index in [0.29, 0.717) is 42.8 Å². The fourth-order valence-corrected chi connectivity index (χ4v) is 5.80. The zero-order valence-electron chi connectivity index (χ0n) is 25.8. The summed E-state index contributed by atoms with van der Waals surface area (Å²) in [7, 11) is 0. The van der Waals surface area contributed by atoms with Gasteiger partial charge < -0.3 is 18.6 Å². The van der Waals surface area contributed by atoms with Crippen LogP contribution in [0, 0.1) is 23.7 Å². The van der Waals surface area contributed by atoms with Gasteiger partial charge in [0.25, 0.3) is 0 Å². The first kappa shape index (κ1) is 31.6. The van der Waals surface area contributed by atoms with Crippen molar-refractivity contribution in [1.82, 2.24) is 0 Å². The third kappa shape index (κ3) is 9.06. The highest BCUT2D eigenvalue weighted by Gasteiger charge is 2.45. The maximum Gasteiger partial charge on any atom is 0.334 e. The highest BCUT2D eigenvalue weighted by molar-refractivity contribution is 5.91. The van der Waals surface area contributed by atoms with Crippen LogP contribution in [0.4, 0.5) is 0 Å². The molecule has 6 nitrogen and oxygen atoms in total. The van der Waals surface area contributed by atoms with E-state index < -0.39 is 11.5 Å². The first-order valence-electron chi connectivity index (χ1n) is 15.3. The molecule has 226 valence electrons. The van der Waals surface area contributed by atoms with E-state index in [9.17, 15) is 9.59 Å². The van der Waals surface area contributed by atoms with E-state index in [2.05, 4.69) is 27.7 Å². The van der Waals surface area contributed by atoms with Gasteiger partial charge in [-0.1, -0.05) is 89.2 Å². The van der Waals surface area contributed by atoms with E-state index >= 15 is 0 Å². The lowest BCUT2D eigenvalue weighted by Gasteiger charge is -2.27. The second kappa shape index (κ2) is 14.7. The van der Waals surface area contributed by atoms with Gasteiger partial charge in [-0.25, -0.2) is 4.79 Å². The molecule has 0 unspecified atom stereocenters. The number of fused-ring (bicyclic) bond motifs is 1. The van der Waals surface area contributed by atoms with E-state index in [-0.39, 0.29) is 25.2 Å². The van der Waals surface area contributed by atoms with Gasteiger partial charge in [-0.2, -0.15) is 0 Å². The summed E-state index contributed by atoms with van der Waals surface area (Å²) in [5.74, 6) is 1.29. The van der Waals surface area contributed by atoms with Crippen LogP contribution in [0.5, 0.6) is 0 Å². The minimum atomic E-state index is -1.06. The Balaban J connectivity index is 1.42. The summed E-state index contributed by atoms with van der Waals surface area (Å²) in [4.78, 5) is 26.2. The Bertz CT molecular complexity index is 1290. The third-order valence-electron chi connectivity index (χ3n) is 7.73. The molecule has 1 aliphatic rings. The Morgan fingerprint density at radius 1 is 0.952 bits per heavy atom. The lowest BCUT2D eigenvalue weighted by molar-refractivity contribution is -0.171. The van der Waals surface area contributed by atoms with Crippen LogP contribution in [0.2, 0.25) is 0 Å². The molecule has 0 aliphatic carbocycles. The Labute approximate surface area is 250 Å². The Hall–Kier alpha value is -3.38. The summed E-state index contributed by atoms with van der Waals surface area (Å²) in [6, 6.07) is 19.6. The first-order chi connectivity index (χ1) is 20.1. The summed E-state index contributed by atoms with van der Waals surface area (Å²) in [5, 5.41) is 1.00. The number of carbonyl (C=O) groups is 2. The Kier molecular flexibility index (Phi) is 11.0. The van der Waals surface area contributed by atoms with Crippen molar-refractivity contribution in [2.45, 2.75) is 78.9 Å². The van der Waals surface area contributed by atoms with Gasteiger partial charge in [0.15, 0.2) is 5.60 Å². The van der Waals surface area contributed by atoms with Gasteiger partial charge in [0.1, 0.15) is 18.0 Å². The van der Waals surface area contributed by atoms with Crippen molar-refractivity contribution < 1.29 is 28.2 Å². The average Bonchev–Trinajstić information content (AvgIpc) is 3.50. The predicted octanol–water partition coefficient (Wildman–Crippen LogP) is 8.08. The van der Waals surface area contributed by atoms with E-state index in [4.69, 9.17) is 18.6 Å². The fourth-order valence-electron chi connectivity index (χ4n) is 5.80. The number of esters is 2. The average molecular weight is 575 g/mol. The SMILES string of the molecule is CC(C)CC(C/C=C1\C[C@@](COCc2ccccc2)(COC(=O)[C@@H](C)Cc2cc3ccccc3o2)OC1=O)CC(C)C. The number of ether oxygens (including phenoxy) is 3. The van der Waals surface area contributed by atoms with Crippen LogP contribution in [0.1, 0.15) is 71.6 Å². The second-order valence-corrected chi connectivity index (χ2v) is 12.8. The predicted molar refractivity (Wildman–Crippen MR) is 165 cm³/mol. The minimum Gasteiger partial charge on any atom is -0.461 e. The van der Waals surface area contributed by atoms with Gasteiger partial charge in [-0.15, -0.1) is 0 Å². The summed E-state index contributed by atoms with van der Waals surface area (Å²) < 4.78 is 23.7. The van der Waals surface area contributed by atoms with Crippen molar-refractivity contribution in [3.8, 4) is 0 Å². The number of carbonyl (C=O) groups excluding carboxylic acids is 2. The minimum absolute atomic E-state index is 0.0599. The van der Waals surface area contributed by atoms with Gasteiger partial charge in [0.05, 0.1) is 19.1 Å². The van der Waals surface area contributed by atoms with Crippen LogP contribution in [-0.4, -0.2) is 30.8 Å². The van der Waals surface area contributed by atoms with Crippen molar-refractivity contribution in [2.75, 3.05) is 13.2 Å². The molecule has 2 atom stereocenters. The van der Waals surface area contributed by atoms with Gasteiger partial charge in [-0.3, -0.25) is 4.79 Å². The highest BCUT2D eigenvalue weighted by atomic mass is 16.6. The summed E-state index contributed by atoms with van der Waals surface area (Å²) in [6.45, 7) is 11.2. The van der Waals surface area contributed by atoms with Crippen molar-refractivity contribution in [3.05, 3.63) is 83.6 Å². The van der Waals surface area contributed by atoms with Gasteiger partial charge in [-0.05, 0) is 54.7 Å². The van der Waals surface area contributed by atoms with Gasteiger partial charge in [0, 0.05) is 23.8 Å². The van der Waals surface area contributed by atoms with Crippen LogP contribution in [0.25, 0.3) is 11.0 Å². The first-order valence-corrected chi connectivity index (χ1v) is 15.3. The number of rotatable bonds is 15. The number of cyclic esters (lactones) is 1. The van der Waals surface area contributed by atoms with E-state index in [1.807, 2.05) is 73.7 Å². The van der Waals surface area contributed by atoms with Crippen LogP contribution >= 0.6 is 0 Å². The number of para-hydroxylation sites is 1. The van der Waals surface area contributed by atoms with Gasteiger partial charge >= 0.3 is 11.9 Å². The molecule has 0 bridgehead atoms. The Morgan fingerprint density at radius 2 is 1.64 bits per heavy atom. The molecule has 1 aliphatic heterocycles. The largest absolute Gasteiger partial charge is 0.461 e. The molecule has 0 saturated carbocycles. The molecule has 3 aromatic rings. The number of allylic oxidation sites excluding steroid dienone is 1. The monoisotopic (exact) mass is 574 g/mol. The van der Waals surface area contributed by atoms with E-state index in [1.54, 1.807) is 0 Å².